The first-order chi connectivity index (χ1) is 10.2. The van der Waals surface area contributed by atoms with Gasteiger partial charge in [-0.15, -0.1) is 0 Å². The molecule has 2 heterocycles. The maximum absolute atomic E-state index is 13.6. The summed E-state index contributed by atoms with van der Waals surface area (Å²) in [6.07, 6.45) is 1.63. The quantitative estimate of drug-likeness (QED) is 0.720. The summed E-state index contributed by atoms with van der Waals surface area (Å²) in [6.45, 7) is 1.88. The van der Waals surface area contributed by atoms with Crippen molar-refractivity contribution in [2.45, 2.75) is 6.92 Å². The Morgan fingerprint density at radius 2 is 2.10 bits per heavy atom. The van der Waals surface area contributed by atoms with Crippen LogP contribution in [0.15, 0.2) is 41.1 Å². The van der Waals surface area contributed by atoms with Crippen LogP contribution in [-0.2, 0) is 0 Å². The third-order valence-electron chi connectivity index (χ3n) is 3.00. The van der Waals surface area contributed by atoms with Crippen LogP contribution < -0.4 is 0 Å². The van der Waals surface area contributed by atoms with E-state index in [9.17, 15) is 4.39 Å². The normalized spacial score (nSPS) is 10.3. The number of pyridine rings is 1. The van der Waals surface area contributed by atoms with Crippen molar-refractivity contribution in [1.29, 1.82) is 5.26 Å². The monoisotopic (exact) mass is 280 g/mol. The predicted octanol–water partition coefficient (Wildman–Crippen LogP) is 3.12. The second-order valence-corrected chi connectivity index (χ2v) is 4.37. The standard InChI is InChI=1S/C15H9FN4O/c1-9-4-3-7-18-13(9)14-19-15(21-20-14)10-5-2-6-12(16)11(10)8-17/h2-7H,1H3. The van der Waals surface area contributed by atoms with Crippen LogP contribution in [0.4, 0.5) is 4.39 Å². The lowest BCUT2D eigenvalue weighted by molar-refractivity contribution is 0.431. The van der Waals surface area contributed by atoms with Gasteiger partial charge in [0.25, 0.3) is 5.89 Å². The van der Waals surface area contributed by atoms with Gasteiger partial charge in [-0.2, -0.15) is 10.2 Å². The molecule has 3 aromatic rings. The maximum Gasteiger partial charge on any atom is 0.259 e. The molecule has 0 saturated carbocycles. The summed E-state index contributed by atoms with van der Waals surface area (Å²) >= 11 is 0. The Morgan fingerprint density at radius 1 is 1.24 bits per heavy atom. The number of hydrogen-bond donors (Lipinski definition) is 0. The number of aromatic nitrogens is 3. The van der Waals surface area contributed by atoms with Gasteiger partial charge in [0.1, 0.15) is 23.1 Å². The Labute approximate surface area is 119 Å². The molecule has 0 spiro atoms. The molecule has 1 aromatic carbocycles. The van der Waals surface area contributed by atoms with Crippen molar-refractivity contribution in [2.24, 2.45) is 0 Å². The van der Waals surface area contributed by atoms with Crippen LogP contribution in [0, 0.1) is 24.1 Å². The van der Waals surface area contributed by atoms with E-state index < -0.39 is 5.82 Å². The van der Waals surface area contributed by atoms with Crippen LogP contribution in [0.5, 0.6) is 0 Å². The van der Waals surface area contributed by atoms with Gasteiger partial charge < -0.3 is 4.52 Å². The average Bonchev–Trinajstić information content (AvgIpc) is 2.97. The number of hydrogen-bond acceptors (Lipinski definition) is 5. The maximum atomic E-state index is 13.6. The summed E-state index contributed by atoms with van der Waals surface area (Å²) in [4.78, 5) is 8.39. The molecule has 0 unspecified atom stereocenters. The van der Waals surface area contributed by atoms with Crippen LogP contribution in [0.1, 0.15) is 11.1 Å². The van der Waals surface area contributed by atoms with Crippen LogP contribution in [0.3, 0.4) is 0 Å². The van der Waals surface area contributed by atoms with Gasteiger partial charge in [-0.1, -0.05) is 17.3 Å². The van der Waals surface area contributed by atoms with Gasteiger partial charge in [0.05, 0.1) is 5.56 Å². The van der Waals surface area contributed by atoms with Crippen molar-refractivity contribution < 1.29 is 8.91 Å². The van der Waals surface area contributed by atoms with Gasteiger partial charge in [0, 0.05) is 6.20 Å². The van der Waals surface area contributed by atoms with Crippen LogP contribution in [0.2, 0.25) is 0 Å². The van der Waals surface area contributed by atoms with Gasteiger partial charge >= 0.3 is 0 Å². The minimum absolute atomic E-state index is 0.0890. The molecule has 0 fully saturated rings. The molecule has 5 nitrogen and oxygen atoms in total. The lowest BCUT2D eigenvalue weighted by Crippen LogP contribution is -1.91. The van der Waals surface area contributed by atoms with Crippen molar-refractivity contribution >= 4 is 0 Å². The van der Waals surface area contributed by atoms with E-state index in [1.165, 1.54) is 12.1 Å². The molecule has 0 amide bonds. The van der Waals surface area contributed by atoms with E-state index in [2.05, 4.69) is 15.1 Å². The molecule has 0 aliphatic rings. The number of halogens is 1. The summed E-state index contributed by atoms with van der Waals surface area (Å²) in [7, 11) is 0. The molecule has 6 heteroatoms. The molecule has 0 aliphatic carbocycles. The first kappa shape index (κ1) is 12.9. The second kappa shape index (κ2) is 5.13. The highest BCUT2D eigenvalue weighted by Gasteiger charge is 2.17. The summed E-state index contributed by atoms with van der Waals surface area (Å²) < 4.78 is 18.7. The van der Waals surface area contributed by atoms with Crippen molar-refractivity contribution in [3.8, 4) is 29.0 Å². The first-order valence-electron chi connectivity index (χ1n) is 6.15. The summed E-state index contributed by atoms with van der Waals surface area (Å²) in [5.74, 6) is -0.230. The first-order valence-corrected chi connectivity index (χ1v) is 6.15. The van der Waals surface area contributed by atoms with E-state index in [-0.39, 0.29) is 17.0 Å². The molecular weight excluding hydrogens is 271 g/mol. The van der Waals surface area contributed by atoms with E-state index in [1.54, 1.807) is 24.4 Å². The summed E-state index contributed by atoms with van der Waals surface area (Å²) in [6, 6.07) is 9.74. The van der Waals surface area contributed by atoms with E-state index in [0.29, 0.717) is 11.5 Å². The fourth-order valence-electron chi connectivity index (χ4n) is 1.96. The van der Waals surface area contributed by atoms with Crippen LogP contribution in [0.25, 0.3) is 23.0 Å². The Hall–Kier alpha value is -3.07. The molecule has 0 radical (unpaired) electrons. The van der Waals surface area contributed by atoms with Crippen molar-refractivity contribution in [1.82, 2.24) is 15.1 Å². The molecule has 3 rings (SSSR count). The molecule has 0 aliphatic heterocycles. The smallest absolute Gasteiger partial charge is 0.259 e. The molecule has 102 valence electrons. The van der Waals surface area contributed by atoms with Crippen LogP contribution >= 0.6 is 0 Å². The largest absolute Gasteiger partial charge is 0.334 e. The Morgan fingerprint density at radius 3 is 2.86 bits per heavy atom. The molecule has 0 saturated heterocycles. The fourth-order valence-corrected chi connectivity index (χ4v) is 1.96. The number of nitriles is 1. The van der Waals surface area contributed by atoms with E-state index >= 15 is 0 Å². The van der Waals surface area contributed by atoms with E-state index in [1.807, 2.05) is 13.0 Å². The lowest BCUT2D eigenvalue weighted by Gasteiger charge is -1.99. The Balaban J connectivity index is 2.10. The zero-order valence-electron chi connectivity index (χ0n) is 11.0. The topological polar surface area (TPSA) is 75.6 Å². The molecular formula is C15H9FN4O. The molecule has 2 aromatic heterocycles. The van der Waals surface area contributed by atoms with Gasteiger partial charge in [-0.3, -0.25) is 4.98 Å². The lowest BCUT2D eigenvalue weighted by atomic mass is 10.1. The minimum atomic E-state index is -0.622. The number of nitrogens with zero attached hydrogens (tertiary/aromatic N) is 4. The average molecular weight is 280 g/mol. The Bertz CT molecular complexity index is 851. The second-order valence-electron chi connectivity index (χ2n) is 4.37. The van der Waals surface area contributed by atoms with Gasteiger partial charge in [-0.25, -0.2) is 4.39 Å². The number of aryl methyl sites for hydroxylation is 1. The van der Waals surface area contributed by atoms with Gasteiger partial charge in [-0.05, 0) is 30.7 Å². The number of benzene rings is 1. The van der Waals surface area contributed by atoms with Crippen LogP contribution in [-0.4, -0.2) is 15.1 Å². The third kappa shape index (κ3) is 2.25. The van der Waals surface area contributed by atoms with E-state index in [4.69, 9.17) is 9.78 Å². The highest BCUT2D eigenvalue weighted by atomic mass is 19.1. The molecule has 21 heavy (non-hydrogen) atoms. The molecule has 0 bridgehead atoms. The SMILES string of the molecule is Cc1cccnc1-c1noc(-c2cccc(F)c2C#N)n1. The third-order valence-corrected chi connectivity index (χ3v) is 3.00. The zero-order chi connectivity index (χ0) is 14.8. The van der Waals surface area contributed by atoms with E-state index in [0.717, 1.165) is 5.56 Å². The summed E-state index contributed by atoms with van der Waals surface area (Å²) in [5, 5.41) is 12.9. The number of rotatable bonds is 2. The fraction of sp³-hybridized carbons (Fsp3) is 0.0667. The Kier molecular flexibility index (Phi) is 3.16. The molecule has 0 atom stereocenters. The highest BCUT2D eigenvalue weighted by Crippen LogP contribution is 2.26. The predicted molar refractivity (Wildman–Crippen MR) is 72.4 cm³/mol. The van der Waals surface area contributed by atoms with Crippen molar-refractivity contribution in [3.05, 3.63) is 53.5 Å². The van der Waals surface area contributed by atoms with Gasteiger partial charge in [0.2, 0.25) is 5.82 Å². The van der Waals surface area contributed by atoms with Gasteiger partial charge in [0.15, 0.2) is 0 Å². The highest BCUT2D eigenvalue weighted by molar-refractivity contribution is 5.65. The zero-order valence-corrected chi connectivity index (χ0v) is 11.0. The van der Waals surface area contributed by atoms with Crippen molar-refractivity contribution in [3.63, 3.8) is 0 Å². The summed E-state index contributed by atoms with van der Waals surface area (Å²) in [5.41, 5.74) is 1.63. The minimum Gasteiger partial charge on any atom is -0.334 e. The molecule has 0 N–H and O–H groups in total. The van der Waals surface area contributed by atoms with Crippen molar-refractivity contribution in [2.75, 3.05) is 0 Å².